The number of nitrogens with zero attached hydrogens (tertiary/aromatic N) is 1. The smallest absolute Gasteiger partial charge is 0.338 e. The van der Waals surface area contributed by atoms with E-state index in [1.165, 1.54) is 5.56 Å². The van der Waals surface area contributed by atoms with Crippen molar-refractivity contribution in [2.45, 2.75) is 38.8 Å². The minimum absolute atomic E-state index is 0.131. The first kappa shape index (κ1) is 25.0. The summed E-state index contributed by atoms with van der Waals surface area (Å²) in [5.41, 5.74) is 4.06. The molecule has 3 aromatic rings. The van der Waals surface area contributed by atoms with Crippen LogP contribution in [0.15, 0.2) is 96.2 Å². The SMILES string of the molecule is COc1ccc(COC(=O)C2=C(C)N(CCCCc3ccccc3)C(=O)NC2c2ccccc2)cc1. The van der Waals surface area contributed by atoms with Gasteiger partial charge in [-0.1, -0.05) is 72.8 Å². The van der Waals surface area contributed by atoms with Crippen molar-refractivity contribution >= 4 is 12.0 Å². The maximum atomic E-state index is 13.4. The molecule has 0 saturated carbocycles. The number of unbranched alkanes of at least 4 members (excludes halogenated alkanes) is 1. The number of benzene rings is 3. The molecule has 6 nitrogen and oxygen atoms in total. The first-order valence-corrected chi connectivity index (χ1v) is 12.2. The number of amides is 2. The summed E-state index contributed by atoms with van der Waals surface area (Å²) < 4.78 is 10.9. The Labute approximate surface area is 212 Å². The molecule has 36 heavy (non-hydrogen) atoms. The van der Waals surface area contributed by atoms with Crippen LogP contribution in [-0.4, -0.2) is 30.6 Å². The van der Waals surface area contributed by atoms with E-state index in [-0.39, 0.29) is 12.6 Å². The molecule has 0 fully saturated rings. The summed E-state index contributed by atoms with van der Waals surface area (Å²) in [7, 11) is 1.61. The van der Waals surface area contributed by atoms with Gasteiger partial charge in [-0.2, -0.15) is 0 Å². The van der Waals surface area contributed by atoms with E-state index >= 15 is 0 Å². The van der Waals surface area contributed by atoms with Gasteiger partial charge in [0.15, 0.2) is 0 Å². The van der Waals surface area contributed by atoms with Gasteiger partial charge in [-0.05, 0) is 55.0 Å². The summed E-state index contributed by atoms with van der Waals surface area (Å²) in [5.74, 6) is 0.303. The normalized spacial score (nSPS) is 15.4. The summed E-state index contributed by atoms with van der Waals surface area (Å²) in [6.07, 6.45) is 2.72. The lowest BCUT2D eigenvalue weighted by Gasteiger charge is -2.35. The maximum absolute atomic E-state index is 13.4. The molecule has 1 aliphatic heterocycles. The van der Waals surface area contributed by atoms with Gasteiger partial charge in [0.25, 0.3) is 0 Å². The second-order valence-corrected chi connectivity index (χ2v) is 8.81. The third-order valence-electron chi connectivity index (χ3n) is 6.42. The monoisotopic (exact) mass is 484 g/mol. The van der Waals surface area contributed by atoms with E-state index in [1.54, 1.807) is 12.0 Å². The Kier molecular flexibility index (Phi) is 8.40. The molecule has 0 bridgehead atoms. The summed E-state index contributed by atoms with van der Waals surface area (Å²) in [4.78, 5) is 28.1. The Morgan fingerprint density at radius 2 is 1.56 bits per heavy atom. The van der Waals surface area contributed by atoms with Crippen molar-refractivity contribution in [1.82, 2.24) is 10.2 Å². The Hall–Kier alpha value is -4.06. The van der Waals surface area contributed by atoms with E-state index in [2.05, 4.69) is 17.4 Å². The van der Waals surface area contributed by atoms with E-state index in [0.29, 0.717) is 17.8 Å². The molecule has 0 spiro atoms. The van der Waals surface area contributed by atoms with Crippen LogP contribution in [0.1, 0.15) is 42.5 Å². The highest BCUT2D eigenvalue weighted by molar-refractivity contribution is 5.95. The van der Waals surface area contributed by atoms with Gasteiger partial charge in [0.05, 0.1) is 18.7 Å². The number of hydrogen-bond donors (Lipinski definition) is 1. The van der Waals surface area contributed by atoms with E-state index in [4.69, 9.17) is 9.47 Å². The summed E-state index contributed by atoms with van der Waals surface area (Å²) >= 11 is 0. The highest BCUT2D eigenvalue weighted by Gasteiger charge is 2.36. The number of urea groups is 1. The van der Waals surface area contributed by atoms with Crippen molar-refractivity contribution in [3.8, 4) is 5.75 Å². The number of aryl methyl sites for hydroxylation is 1. The number of allylic oxidation sites excluding steroid dienone is 1. The van der Waals surface area contributed by atoms with Crippen molar-refractivity contribution in [3.63, 3.8) is 0 Å². The molecule has 0 aromatic heterocycles. The highest BCUT2D eigenvalue weighted by atomic mass is 16.5. The van der Waals surface area contributed by atoms with E-state index in [9.17, 15) is 9.59 Å². The van der Waals surface area contributed by atoms with Crippen molar-refractivity contribution < 1.29 is 19.1 Å². The Morgan fingerprint density at radius 1 is 0.889 bits per heavy atom. The van der Waals surface area contributed by atoms with Crippen LogP contribution in [0.5, 0.6) is 5.75 Å². The van der Waals surface area contributed by atoms with Crippen LogP contribution in [0.4, 0.5) is 4.79 Å². The molecule has 1 atom stereocenters. The molecule has 3 aromatic carbocycles. The number of carbonyl (C=O) groups is 2. The van der Waals surface area contributed by atoms with Crippen molar-refractivity contribution in [2.75, 3.05) is 13.7 Å². The second-order valence-electron chi connectivity index (χ2n) is 8.81. The van der Waals surface area contributed by atoms with Crippen LogP contribution >= 0.6 is 0 Å². The quantitative estimate of drug-likeness (QED) is 0.292. The molecule has 6 heteroatoms. The topological polar surface area (TPSA) is 67.9 Å². The predicted octanol–water partition coefficient (Wildman–Crippen LogP) is 5.80. The lowest BCUT2D eigenvalue weighted by atomic mass is 9.94. The Morgan fingerprint density at radius 3 is 2.22 bits per heavy atom. The molecule has 0 aliphatic carbocycles. The fourth-order valence-electron chi connectivity index (χ4n) is 4.40. The fraction of sp³-hybridized carbons (Fsp3) is 0.267. The van der Waals surface area contributed by atoms with Crippen LogP contribution < -0.4 is 10.1 Å². The van der Waals surface area contributed by atoms with Crippen LogP contribution in [-0.2, 0) is 22.6 Å². The van der Waals surface area contributed by atoms with E-state index in [0.717, 1.165) is 36.1 Å². The number of rotatable bonds is 10. The third-order valence-corrected chi connectivity index (χ3v) is 6.42. The zero-order valence-corrected chi connectivity index (χ0v) is 20.8. The van der Waals surface area contributed by atoms with Crippen LogP contribution in [0, 0.1) is 0 Å². The lowest BCUT2D eigenvalue weighted by Crippen LogP contribution is -2.48. The molecule has 0 radical (unpaired) electrons. The van der Waals surface area contributed by atoms with Crippen molar-refractivity contribution in [1.29, 1.82) is 0 Å². The number of methoxy groups -OCH3 is 1. The first-order valence-electron chi connectivity index (χ1n) is 12.2. The number of ether oxygens (including phenoxy) is 2. The molecule has 1 aliphatic rings. The molecule has 186 valence electrons. The molecule has 1 N–H and O–H groups in total. The van der Waals surface area contributed by atoms with E-state index < -0.39 is 12.0 Å². The molecule has 1 unspecified atom stereocenters. The fourth-order valence-corrected chi connectivity index (χ4v) is 4.40. The maximum Gasteiger partial charge on any atom is 0.338 e. The summed E-state index contributed by atoms with van der Waals surface area (Å²) in [5, 5.41) is 3.03. The highest BCUT2D eigenvalue weighted by Crippen LogP contribution is 2.31. The number of esters is 1. The third kappa shape index (κ3) is 6.13. The van der Waals surface area contributed by atoms with Crippen molar-refractivity contribution in [2.24, 2.45) is 0 Å². The predicted molar refractivity (Wildman–Crippen MR) is 139 cm³/mol. The average Bonchev–Trinajstić information content (AvgIpc) is 2.92. The van der Waals surface area contributed by atoms with Crippen molar-refractivity contribution in [3.05, 3.63) is 113 Å². The molecule has 0 saturated heterocycles. The zero-order chi connectivity index (χ0) is 25.3. The minimum Gasteiger partial charge on any atom is -0.497 e. The van der Waals surface area contributed by atoms with Gasteiger partial charge in [0, 0.05) is 12.2 Å². The van der Waals surface area contributed by atoms with Gasteiger partial charge in [-0.3, -0.25) is 4.90 Å². The van der Waals surface area contributed by atoms with Gasteiger partial charge in [0.2, 0.25) is 0 Å². The first-order chi connectivity index (χ1) is 17.6. The second kappa shape index (κ2) is 12.1. The lowest BCUT2D eigenvalue weighted by molar-refractivity contribution is -0.141. The van der Waals surface area contributed by atoms with Gasteiger partial charge in [-0.25, -0.2) is 9.59 Å². The number of nitrogens with one attached hydrogen (secondary N) is 1. The average molecular weight is 485 g/mol. The summed E-state index contributed by atoms with van der Waals surface area (Å²) in [6.45, 7) is 2.49. The van der Waals surface area contributed by atoms with Crippen LogP contribution in [0.2, 0.25) is 0 Å². The van der Waals surface area contributed by atoms with Gasteiger partial charge in [0.1, 0.15) is 12.4 Å². The van der Waals surface area contributed by atoms with Gasteiger partial charge >= 0.3 is 12.0 Å². The van der Waals surface area contributed by atoms with E-state index in [1.807, 2.05) is 79.7 Å². The molecule has 4 rings (SSSR count). The summed E-state index contributed by atoms with van der Waals surface area (Å²) in [6, 6.07) is 26.4. The molecular weight excluding hydrogens is 452 g/mol. The Bertz CT molecular complexity index is 1190. The standard InChI is InChI=1S/C30H32N2O4/c1-22-27(29(33)36-21-24-16-18-26(35-2)19-17-24)28(25-14-7-4-8-15-25)31-30(34)32(22)20-10-9-13-23-11-5-3-6-12-23/h3-8,11-12,14-19,28H,9-10,13,20-21H2,1-2H3,(H,31,34). The number of carbonyl (C=O) groups excluding carboxylic acids is 2. The van der Waals surface area contributed by atoms with Gasteiger partial charge in [-0.15, -0.1) is 0 Å². The minimum atomic E-state index is -0.567. The van der Waals surface area contributed by atoms with Crippen LogP contribution in [0.3, 0.4) is 0 Å². The number of hydrogen-bond acceptors (Lipinski definition) is 4. The van der Waals surface area contributed by atoms with Gasteiger partial charge < -0.3 is 14.8 Å². The zero-order valence-electron chi connectivity index (χ0n) is 20.8. The molecular formula is C30H32N2O4. The van der Waals surface area contributed by atoms with Crippen LogP contribution in [0.25, 0.3) is 0 Å². The molecule has 2 amide bonds. The molecule has 1 heterocycles. The largest absolute Gasteiger partial charge is 0.497 e. The Balaban J connectivity index is 1.50.